The molecule has 3 heterocycles. The minimum absolute atomic E-state index is 0.214. The molecule has 0 aliphatic carbocycles. The van der Waals surface area contributed by atoms with Gasteiger partial charge in [0.15, 0.2) is 11.8 Å². The van der Waals surface area contributed by atoms with Crippen LogP contribution in [0.15, 0.2) is 17.1 Å². The highest BCUT2D eigenvalue weighted by atomic mass is 16.5. The number of benzene rings is 1. The minimum Gasteiger partial charge on any atom is -0.496 e. The molecule has 2 aliphatic heterocycles. The molecule has 0 radical (unpaired) electrons. The second-order valence-electron chi connectivity index (χ2n) is 8.43. The van der Waals surface area contributed by atoms with Crippen LogP contribution in [0.4, 0.5) is 0 Å². The summed E-state index contributed by atoms with van der Waals surface area (Å²) in [6, 6.07) is 4.43. The lowest BCUT2D eigenvalue weighted by Crippen LogP contribution is -2.46. The molecular weight excluding hydrogens is 380 g/mol. The van der Waals surface area contributed by atoms with Gasteiger partial charge in [0.05, 0.1) is 13.7 Å². The van der Waals surface area contributed by atoms with Crippen LogP contribution in [-0.2, 0) is 25.9 Å². The fourth-order valence-corrected chi connectivity index (χ4v) is 4.07. The molecule has 2 N–H and O–H groups in total. The molecule has 30 heavy (non-hydrogen) atoms. The molecular formula is C22H32N6O2. The zero-order chi connectivity index (χ0) is 21.3. The Morgan fingerprint density at radius 3 is 2.97 bits per heavy atom. The fraction of sp³-hybridized carbons (Fsp3) is 0.591. The van der Waals surface area contributed by atoms with E-state index in [1.54, 1.807) is 14.2 Å². The summed E-state index contributed by atoms with van der Waals surface area (Å²) in [7, 11) is 3.50. The van der Waals surface area contributed by atoms with Crippen molar-refractivity contribution in [3.8, 4) is 11.5 Å². The average molecular weight is 413 g/mol. The molecule has 0 spiro atoms. The van der Waals surface area contributed by atoms with Crippen molar-refractivity contribution >= 4 is 5.96 Å². The summed E-state index contributed by atoms with van der Waals surface area (Å²) in [5.74, 6) is 4.95. The van der Waals surface area contributed by atoms with Crippen molar-refractivity contribution in [2.75, 3.05) is 14.2 Å². The van der Waals surface area contributed by atoms with E-state index in [-0.39, 0.29) is 12.1 Å². The highest BCUT2D eigenvalue weighted by Crippen LogP contribution is 2.34. The van der Waals surface area contributed by atoms with Crippen molar-refractivity contribution in [3.05, 3.63) is 34.9 Å². The van der Waals surface area contributed by atoms with Gasteiger partial charge in [-0.2, -0.15) is 5.10 Å². The van der Waals surface area contributed by atoms with Crippen LogP contribution in [0.25, 0.3) is 0 Å². The van der Waals surface area contributed by atoms with Gasteiger partial charge >= 0.3 is 0 Å². The number of hydrogen-bond donors (Lipinski definition) is 2. The summed E-state index contributed by atoms with van der Waals surface area (Å²) in [4.78, 5) is 9.07. The van der Waals surface area contributed by atoms with Gasteiger partial charge in [0.25, 0.3) is 0 Å². The Bertz CT molecular complexity index is 936. The number of aromatic nitrogens is 3. The second kappa shape index (κ2) is 8.53. The van der Waals surface area contributed by atoms with E-state index < -0.39 is 0 Å². The Balaban J connectivity index is 1.38. The molecule has 2 atom stereocenters. The molecule has 8 nitrogen and oxygen atoms in total. The molecule has 4 rings (SSSR count). The summed E-state index contributed by atoms with van der Waals surface area (Å²) in [5, 5.41) is 11.6. The smallest absolute Gasteiger partial charge is 0.191 e. The zero-order valence-corrected chi connectivity index (χ0v) is 18.5. The van der Waals surface area contributed by atoms with E-state index in [0.29, 0.717) is 12.5 Å². The maximum absolute atomic E-state index is 5.91. The molecule has 0 bridgehead atoms. The summed E-state index contributed by atoms with van der Waals surface area (Å²) >= 11 is 0. The monoisotopic (exact) mass is 412 g/mol. The van der Waals surface area contributed by atoms with E-state index >= 15 is 0 Å². The van der Waals surface area contributed by atoms with E-state index in [0.717, 1.165) is 60.5 Å². The van der Waals surface area contributed by atoms with E-state index in [2.05, 4.69) is 58.6 Å². The Labute approximate surface area is 178 Å². The quantitative estimate of drug-likeness (QED) is 0.579. The summed E-state index contributed by atoms with van der Waals surface area (Å²) in [5.41, 5.74) is 2.26. The van der Waals surface area contributed by atoms with E-state index in [9.17, 15) is 0 Å². The minimum atomic E-state index is 0.214. The number of nitrogens with zero attached hydrogens (tertiary/aromatic N) is 4. The van der Waals surface area contributed by atoms with E-state index in [1.165, 1.54) is 5.56 Å². The zero-order valence-electron chi connectivity index (χ0n) is 18.5. The molecule has 0 amide bonds. The molecule has 2 unspecified atom stereocenters. The first kappa shape index (κ1) is 20.5. The molecule has 2 aromatic rings. The molecule has 0 saturated carbocycles. The SMILES string of the molecule is CN=C(NCc1cc2c(cc1OC)CC(C)O2)NC1CCc2nc(C(C)C)nn2C1. The number of ether oxygens (including phenoxy) is 2. The molecule has 8 heteroatoms. The first-order chi connectivity index (χ1) is 14.5. The predicted octanol–water partition coefficient (Wildman–Crippen LogP) is 2.41. The number of hydrogen-bond acceptors (Lipinski definition) is 5. The van der Waals surface area contributed by atoms with Crippen LogP contribution in [0.3, 0.4) is 0 Å². The average Bonchev–Trinajstić information content (AvgIpc) is 3.31. The predicted molar refractivity (Wildman–Crippen MR) is 116 cm³/mol. The maximum atomic E-state index is 5.91. The van der Waals surface area contributed by atoms with Gasteiger partial charge in [0.1, 0.15) is 23.4 Å². The van der Waals surface area contributed by atoms with E-state index in [1.807, 2.05) is 4.68 Å². The highest BCUT2D eigenvalue weighted by molar-refractivity contribution is 5.80. The molecule has 2 aliphatic rings. The van der Waals surface area contributed by atoms with Crippen LogP contribution < -0.4 is 20.1 Å². The van der Waals surface area contributed by atoms with Crippen LogP contribution in [-0.4, -0.2) is 47.0 Å². The number of nitrogens with one attached hydrogen (secondary N) is 2. The summed E-state index contributed by atoms with van der Waals surface area (Å²) in [6.45, 7) is 7.74. The van der Waals surface area contributed by atoms with Gasteiger partial charge in [-0.1, -0.05) is 13.8 Å². The number of rotatable bonds is 5. The van der Waals surface area contributed by atoms with Crippen molar-refractivity contribution in [1.82, 2.24) is 25.4 Å². The first-order valence-corrected chi connectivity index (χ1v) is 10.7. The number of aryl methyl sites for hydroxylation is 1. The van der Waals surface area contributed by atoms with Gasteiger partial charge in [-0.15, -0.1) is 0 Å². The molecule has 162 valence electrons. The number of aliphatic imine (C=N–C) groups is 1. The Morgan fingerprint density at radius 2 is 2.23 bits per heavy atom. The van der Waals surface area contributed by atoms with E-state index in [4.69, 9.17) is 9.47 Å². The van der Waals surface area contributed by atoms with Crippen LogP contribution in [0.2, 0.25) is 0 Å². The van der Waals surface area contributed by atoms with Gasteiger partial charge in [-0.25, -0.2) is 9.67 Å². The lowest BCUT2D eigenvalue weighted by atomic mass is 10.1. The third kappa shape index (κ3) is 4.22. The van der Waals surface area contributed by atoms with Crippen LogP contribution in [0, 0.1) is 0 Å². The number of methoxy groups -OCH3 is 1. The molecule has 0 fully saturated rings. The lowest BCUT2D eigenvalue weighted by molar-refractivity contribution is 0.254. The van der Waals surface area contributed by atoms with Crippen molar-refractivity contribution < 1.29 is 9.47 Å². The van der Waals surface area contributed by atoms with Crippen LogP contribution >= 0.6 is 0 Å². The maximum Gasteiger partial charge on any atom is 0.191 e. The van der Waals surface area contributed by atoms with Gasteiger partial charge in [0.2, 0.25) is 0 Å². The normalized spacial score (nSPS) is 20.5. The Kier molecular flexibility index (Phi) is 5.83. The largest absolute Gasteiger partial charge is 0.496 e. The highest BCUT2D eigenvalue weighted by Gasteiger charge is 2.24. The van der Waals surface area contributed by atoms with Crippen molar-refractivity contribution in [1.29, 1.82) is 0 Å². The van der Waals surface area contributed by atoms with Crippen molar-refractivity contribution in [2.45, 2.75) is 71.2 Å². The Hall–Kier alpha value is -2.77. The third-order valence-electron chi connectivity index (χ3n) is 5.70. The second-order valence-corrected chi connectivity index (χ2v) is 8.43. The van der Waals surface area contributed by atoms with Gasteiger partial charge in [0, 0.05) is 49.5 Å². The number of guanidine groups is 1. The molecule has 1 aromatic heterocycles. The standard InChI is InChI=1S/C22H32N6O2/c1-13(2)21-26-20-7-6-17(12-28(20)27-21)25-22(23-4)24-11-16-10-19-15(8-14(3)30-19)9-18(16)29-5/h9-10,13-14,17H,6-8,11-12H2,1-5H3,(H2,23,24,25). The summed E-state index contributed by atoms with van der Waals surface area (Å²) in [6.07, 6.45) is 3.06. The lowest BCUT2D eigenvalue weighted by Gasteiger charge is -2.25. The fourth-order valence-electron chi connectivity index (χ4n) is 4.07. The van der Waals surface area contributed by atoms with Gasteiger partial charge in [-0.05, 0) is 25.5 Å². The van der Waals surface area contributed by atoms with Gasteiger partial charge in [-0.3, -0.25) is 4.99 Å². The Morgan fingerprint density at radius 1 is 1.40 bits per heavy atom. The van der Waals surface area contributed by atoms with Crippen LogP contribution in [0.1, 0.15) is 55.9 Å². The first-order valence-electron chi connectivity index (χ1n) is 10.7. The van der Waals surface area contributed by atoms with Crippen molar-refractivity contribution in [3.63, 3.8) is 0 Å². The van der Waals surface area contributed by atoms with Gasteiger partial charge < -0.3 is 20.1 Å². The molecule has 0 saturated heterocycles. The summed E-state index contributed by atoms with van der Waals surface area (Å²) < 4.78 is 13.6. The van der Waals surface area contributed by atoms with Crippen LogP contribution in [0.5, 0.6) is 11.5 Å². The number of fused-ring (bicyclic) bond motifs is 2. The third-order valence-corrected chi connectivity index (χ3v) is 5.70. The van der Waals surface area contributed by atoms with Crippen molar-refractivity contribution in [2.24, 2.45) is 4.99 Å². The molecule has 1 aromatic carbocycles. The topological polar surface area (TPSA) is 85.6 Å².